The lowest BCUT2D eigenvalue weighted by molar-refractivity contribution is -0.131. The summed E-state index contributed by atoms with van der Waals surface area (Å²) in [5, 5.41) is 3.03. The van der Waals surface area contributed by atoms with Crippen molar-refractivity contribution in [2.75, 3.05) is 26.4 Å². The van der Waals surface area contributed by atoms with Gasteiger partial charge in [-0.3, -0.25) is 4.79 Å². The van der Waals surface area contributed by atoms with Crippen LogP contribution < -0.4 is 5.32 Å². The number of hydrogen-bond donors (Lipinski definition) is 1. The second kappa shape index (κ2) is 4.72. The van der Waals surface area contributed by atoms with E-state index >= 15 is 0 Å². The lowest BCUT2D eigenvalue weighted by Crippen LogP contribution is -2.50. The highest BCUT2D eigenvalue weighted by Crippen LogP contribution is 2.27. The number of carbonyl (C=O) groups excluding carboxylic acids is 1. The molecule has 2 unspecified atom stereocenters. The second-order valence-electron chi connectivity index (χ2n) is 5.23. The van der Waals surface area contributed by atoms with Gasteiger partial charge in [0.15, 0.2) is 0 Å². The molecule has 2 fully saturated rings. The fourth-order valence-corrected chi connectivity index (χ4v) is 2.33. The normalized spacial score (nSPS) is 32.1. The maximum atomic E-state index is 12.0. The van der Waals surface area contributed by atoms with Crippen molar-refractivity contribution >= 4 is 5.91 Å². The third-order valence-electron chi connectivity index (χ3n) is 3.54. The molecule has 4 nitrogen and oxygen atoms in total. The molecule has 2 saturated heterocycles. The number of rotatable bonds is 4. The summed E-state index contributed by atoms with van der Waals surface area (Å²) in [6.45, 7) is 7.16. The number of nitrogens with one attached hydrogen (secondary N) is 1. The first-order valence-electron chi connectivity index (χ1n) is 6.12. The van der Waals surface area contributed by atoms with Crippen LogP contribution in [0.1, 0.15) is 26.7 Å². The van der Waals surface area contributed by atoms with Crippen LogP contribution in [0.2, 0.25) is 0 Å². The zero-order valence-electron chi connectivity index (χ0n) is 10.1. The highest BCUT2D eigenvalue weighted by atomic mass is 16.5. The zero-order chi connectivity index (χ0) is 11.6. The van der Waals surface area contributed by atoms with E-state index in [0.717, 1.165) is 39.2 Å². The molecular weight excluding hydrogens is 206 g/mol. The van der Waals surface area contributed by atoms with E-state index in [1.54, 1.807) is 0 Å². The predicted molar refractivity (Wildman–Crippen MR) is 60.1 cm³/mol. The smallest absolute Gasteiger partial charge is 0.225 e. The average molecular weight is 227 g/mol. The summed E-state index contributed by atoms with van der Waals surface area (Å²) in [6, 6.07) is 0. The van der Waals surface area contributed by atoms with E-state index in [2.05, 4.69) is 19.2 Å². The van der Waals surface area contributed by atoms with Crippen molar-refractivity contribution in [3.05, 3.63) is 0 Å². The van der Waals surface area contributed by atoms with Crippen LogP contribution in [-0.4, -0.2) is 38.4 Å². The summed E-state index contributed by atoms with van der Waals surface area (Å²) in [7, 11) is 0. The quantitative estimate of drug-likeness (QED) is 0.778. The van der Waals surface area contributed by atoms with Gasteiger partial charge in [0.1, 0.15) is 0 Å². The van der Waals surface area contributed by atoms with Gasteiger partial charge in [-0.2, -0.15) is 0 Å². The Labute approximate surface area is 96.7 Å². The minimum atomic E-state index is 0.0506. The Kier molecular flexibility index (Phi) is 3.50. The summed E-state index contributed by atoms with van der Waals surface area (Å²) in [5.74, 6) is 0.201. The first kappa shape index (κ1) is 11.9. The SMILES string of the molecule is CCC1OCCC1C(=O)NCC1(C)COC1. The van der Waals surface area contributed by atoms with Crippen LogP contribution in [0.15, 0.2) is 0 Å². The summed E-state index contributed by atoms with van der Waals surface area (Å²) >= 11 is 0. The Hall–Kier alpha value is -0.610. The zero-order valence-corrected chi connectivity index (χ0v) is 10.1. The molecule has 0 saturated carbocycles. The fraction of sp³-hybridized carbons (Fsp3) is 0.917. The largest absolute Gasteiger partial charge is 0.380 e. The number of amides is 1. The molecule has 2 atom stereocenters. The van der Waals surface area contributed by atoms with Crippen LogP contribution in [0.4, 0.5) is 0 Å². The van der Waals surface area contributed by atoms with E-state index in [-0.39, 0.29) is 23.3 Å². The third-order valence-corrected chi connectivity index (χ3v) is 3.54. The predicted octanol–water partition coefficient (Wildman–Crippen LogP) is 0.954. The van der Waals surface area contributed by atoms with Crippen molar-refractivity contribution < 1.29 is 14.3 Å². The van der Waals surface area contributed by atoms with Gasteiger partial charge in [0.25, 0.3) is 0 Å². The van der Waals surface area contributed by atoms with Gasteiger partial charge in [0, 0.05) is 18.6 Å². The number of hydrogen-bond acceptors (Lipinski definition) is 3. The molecule has 0 radical (unpaired) electrons. The van der Waals surface area contributed by atoms with E-state index in [9.17, 15) is 4.79 Å². The van der Waals surface area contributed by atoms with Crippen LogP contribution in [-0.2, 0) is 14.3 Å². The molecule has 2 rings (SSSR count). The van der Waals surface area contributed by atoms with Crippen molar-refractivity contribution in [2.24, 2.45) is 11.3 Å². The van der Waals surface area contributed by atoms with Gasteiger partial charge in [-0.15, -0.1) is 0 Å². The van der Waals surface area contributed by atoms with Crippen LogP contribution >= 0.6 is 0 Å². The van der Waals surface area contributed by atoms with E-state index in [1.807, 2.05) is 0 Å². The molecule has 2 aliphatic heterocycles. The molecule has 16 heavy (non-hydrogen) atoms. The molecule has 0 spiro atoms. The topological polar surface area (TPSA) is 47.6 Å². The van der Waals surface area contributed by atoms with E-state index in [4.69, 9.17) is 9.47 Å². The van der Waals surface area contributed by atoms with Gasteiger partial charge in [-0.25, -0.2) is 0 Å². The molecule has 0 bridgehead atoms. The minimum absolute atomic E-state index is 0.0506. The molecule has 2 aliphatic rings. The van der Waals surface area contributed by atoms with E-state index in [0.29, 0.717) is 0 Å². The van der Waals surface area contributed by atoms with E-state index < -0.39 is 0 Å². The summed E-state index contributed by atoms with van der Waals surface area (Å²) < 4.78 is 10.7. The highest BCUT2D eigenvalue weighted by molar-refractivity contribution is 5.79. The Morgan fingerprint density at radius 3 is 2.81 bits per heavy atom. The third kappa shape index (κ3) is 2.38. The second-order valence-corrected chi connectivity index (χ2v) is 5.23. The number of carbonyl (C=O) groups is 1. The minimum Gasteiger partial charge on any atom is -0.380 e. The summed E-state index contributed by atoms with van der Waals surface area (Å²) in [6.07, 6.45) is 1.89. The Morgan fingerprint density at radius 2 is 2.25 bits per heavy atom. The Morgan fingerprint density at radius 1 is 1.50 bits per heavy atom. The first-order chi connectivity index (χ1) is 7.64. The van der Waals surface area contributed by atoms with Gasteiger partial charge in [-0.1, -0.05) is 13.8 Å². The molecule has 2 heterocycles. The van der Waals surface area contributed by atoms with Crippen molar-refractivity contribution in [1.82, 2.24) is 5.32 Å². The maximum Gasteiger partial charge on any atom is 0.225 e. The Bertz CT molecular complexity index is 263. The first-order valence-corrected chi connectivity index (χ1v) is 6.12. The van der Waals surface area contributed by atoms with Crippen molar-refractivity contribution in [3.8, 4) is 0 Å². The van der Waals surface area contributed by atoms with Crippen LogP contribution in [0.25, 0.3) is 0 Å². The Balaban J connectivity index is 1.78. The van der Waals surface area contributed by atoms with Crippen LogP contribution in [0, 0.1) is 11.3 Å². The summed E-state index contributed by atoms with van der Waals surface area (Å²) in [4.78, 5) is 12.0. The standard InChI is InChI=1S/C12H21NO3/c1-3-10-9(4-5-16-10)11(14)13-6-12(2)7-15-8-12/h9-10H,3-8H2,1-2H3,(H,13,14). The van der Waals surface area contributed by atoms with Gasteiger partial charge in [0.05, 0.1) is 25.2 Å². The lowest BCUT2D eigenvalue weighted by atomic mass is 9.88. The molecule has 4 heteroatoms. The van der Waals surface area contributed by atoms with Gasteiger partial charge in [-0.05, 0) is 12.8 Å². The molecule has 92 valence electrons. The van der Waals surface area contributed by atoms with Gasteiger partial charge in [0.2, 0.25) is 5.91 Å². The lowest BCUT2D eigenvalue weighted by Gasteiger charge is -2.38. The molecule has 0 aromatic rings. The fourth-order valence-electron chi connectivity index (χ4n) is 2.33. The molecular formula is C12H21NO3. The van der Waals surface area contributed by atoms with Crippen LogP contribution in [0.3, 0.4) is 0 Å². The van der Waals surface area contributed by atoms with Crippen LogP contribution in [0.5, 0.6) is 0 Å². The van der Waals surface area contributed by atoms with Crippen molar-refractivity contribution in [2.45, 2.75) is 32.8 Å². The van der Waals surface area contributed by atoms with Gasteiger partial charge >= 0.3 is 0 Å². The molecule has 0 aromatic heterocycles. The maximum absolute atomic E-state index is 12.0. The van der Waals surface area contributed by atoms with Crippen molar-refractivity contribution in [1.29, 1.82) is 0 Å². The molecule has 0 aromatic carbocycles. The van der Waals surface area contributed by atoms with Gasteiger partial charge < -0.3 is 14.8 Å². The summed E-state index contributed by atoms with van der Waals surface area (Å²) in [5.41, 5.74) is 0.150. The molecule has 1 N–H and O–H groups in total. The molecule has 0 aliphatic carbocycles. The monoisotopic (exact) mass is 227 g/mol. The average Bonchev–Trinajstić information content (AvgIpc) is 2.71. The van der Waals surface area contributed by atoms with Crippen molar-refractivity contribution in [3.63, 3.8) is 0 Å². The number of ether oxygens (including phenoxy) is 2. The van der Waals surface area contributed by atoms with E-state index in [1.165, 1.54) is 0 Å². The molecule has 1 amide bonds. The highest BCUT2D eigenvalue weighted by Gasteiger charge is 2.36.